The maximum Gasteiger partial charge on any atom is 0.387 e. The fourth-order valence-corrected chi connectivity index (χ4v) is 4.50. The van der Waals surface area contributed by atoms with E-state index in [4.69, 9.17) is 4.74 Å². The summed E-state index contributed by atoms with van der Waals surface area (Å²) in [6.45, 7) is -1.76. The molecular weight excluding hydrogens is 442 g/mol. The standard InChI is InChI=1S/C26H22F2N2O4/c27-26(28)34-22-12-6-3-9-19(22)24(31)29-13-15-30(16-14-29)25(32)23-17-7-1-4-10-20(17)33-21-11-5-2-8-18(21)23/h1-12,23,26H,13-16H2. The number of benzene rings is 3. The highest BCUT2D eigenvalue weighted by Gasteiger charge is 2.36. The van der Waals surface area contributed by atoms with Crippen LogP contribution in [0.15, 0.2) is 72.8 Å². The molecule has 0 saturated carbocycles. The fourth-order valence-electron chi connectivity index (χ4n) is 4.50. The number of fused-ring (bicyclic) bond motifs is 2. The van der Waals surface area contributed by atoms with E-state index in [1.165, 1.54) is 18.2 Å². The minimum absolute atomic E-state index is 0.0586. The number of hydrogen-bond acceptors (Lipinski definition) is 4. The zero-order valence-electron chi connectivity index (χ0n) is 18.2. The summed E-state index contributed by atoms with van der Waals surface area (Å²) in [6.07, 6.45) is 0. The van der Waals surface area contributed by atoms with E-state index >= 15 is 0 Å². The Morgan fingerprint density at radius 3 is 1.94 bits per heavy atom. The van der Waals surface area contributed by atoms with Gasteiger partial charge in [0.25, 0.3) is 5.91 Å². The van der Waals surface area contributed by atoms with Crippen LogP contribution in [0.3, 0.4) is 0 Å². The van der Waals surface area contributed by atoms with Crippen LogP contribution in [0.1, 0.15) is 27.4 Å². The first-order chi connectivity index (χ1) is 16.5. The van der Waals surface area contributed by atoms with Crippen LogP contribution in [0.5, 0.6) is 17.2 Å². The highest BCUT2D eigenvalue weighted by molar-refractivity contribution is 5.97. The first kappa shape index (κ1) is 21.9. The van der Waals surface area contributed by atoms with Crippen LogP contribution in [0, 0.1) is 0 Å². The molecule has 0 N–H and O–H groups in total. The van der Waals surface area contributed by atoms with Gasteiger partial charge in [0.05, 0.1) is 11.5 Å². The van der Waals surface area contributed by atoms with Crippen LogP contribution in [0.2, 0.25) is 0 Å². The van der Waals surface area contributed by atoms with Crippen molar-refractivity contribution in [1.29, 1.82) is 0 Å². The second kappa shape index (κ2) is 9.13. The van der Waals surface area contributed by atoms with E-state index in [-0.39, 0.29) is 17.2 Å². The molecule has 2 aliphatic heterocycles. The number of nitrogens with zero attached hydrogens (tertiary/aromatic N) is 2. The number of para-hydroxylation sites is 3. The lowest BCUT2D eigenvalue weighted by atomic mass is 9.86. The van der Waals surface area contributed by atoms with Crippen molar-refractivity contribution < 1.29 is 27.8 Å². The van der Waals surface area contributed by atoms with E-state index in [2.05, 4.69) is 4.74 Å². The Morgan fingerprint density at radius 2 is 1.32 bits per heavy atom. The second-order valence-electron chi connectivity index (χ2n) is 8.10. The molecule has 8 heteroatoms. The maximum absolute atomic E-state index is 13.7. The Bertz CT molecular complexity index is 1180. The zero-order chi connectivity index (χ0) is 23.7. The van der Waals surface area contributed by atoms with Gasteiger partial charge in [0.2, 0.25) is 5.91 Å². The van der Waals surface area contributed by atoms with Crippen molar-refractivity contribution in [2.75, 3.05) is 26.2 Å². The second-order valence-corrected chi connectivity index (χ2v) is 8.10. The summed E-state index contributed by atoms with van der Waals surface area (Å²) >= 11 is 0. The molecule has 2 aliphatic rings. The number of halogens is 2. The van der Waals surface area contributed by atoms with Crippen LogP contribution in [0.4, 0.5) is 8.78 Å². The number of hydrogen-bond donors (Lipinski definition) is 0. The van der Waals surface area contributed by atoms with E-state index in [1.54, 1.807) is 15.9 Å². The molecule has 0 bridgehead atoms. The summed E-state index contributed by atoms with van der Waals surface area (Å²) in [7, 11) is 0. The quantitative estimate of drug-likeness (QED) is 0.570. The third kappa shape index (κ3) is 4.07. The van der Waals surface area contributed by atoms with E-state index < -0.39 is 18.4 Å². The number of ether oxygens (including phenoxy) is 2. The van der Waals surface area contributed by atoms with Crippen molar-refractivity contribution in [1.82, 2.24) is 9.80 Å². The molecule has 174 valence electrons. The molecule has 34 heavy (non-hydrogen) atoms. The summed E-state index contributed by atoms with van der Waals surface area (Å²) in [5.74, 6) is 0.204. The van der Waals surface area contributed by atoms with E-state index in [0.29, 0.717) is 37.7 Å². The molecule has 0 spiro atoms. The van der Waals surface area contributed by atoms with Crippen LogP contribution >= 0.6 is 0 Å². The van der Waals surface area contributed by atoms with E-state index in [1.807, 2.05) is 48.5 Å². The molecule has 0 radical (unpaired) electrons. The summed E-state index contributed by atoms with van der Waals surface area (Å²) in [5.41, 5.74) is 1.69. The number of alkyl halides is 2. The Kier molecular flexibility index (Phi) is 5.88. The normalized spacial score (nSPS) is 15.4. The topological polar surface area (TPSA) is 59.1 Å². The van der Waals surface area contributed by atoms with Gasteiger partial charge in [-0.1, -0.05) is 48.5 Å². The van der Waals surface area contributed by atoms with Crippen molar-refractivity contribution in [3.63, 3.8) is 0 Å². The number of carbonyl (C=O) groups is 2. The molecule has 0 unspecified atom stereocenters. The predicted octanol–water partition coefficient (Wildman–Crippen LogP) is 4.51. The van der Waals surface area contributed by atoms with Crippen LogP contribution in [-0.2, 0) is 4.79 Å². The van der Waals surface area contributed by atoms with Crippen molar-refractivity contribution >= 4 is 11.8 Å². The summed E-state index contributed by atoms with van der Waals surface area (Å²) < 4.78 is 36.0. The smallest absolute Gasteiger partial charge is 0.387 e. The summed E-state index contributed by atoms with van der Waals surface area (Å²) in [5, 5.41) is 0. The first-order valence-corrected chi connectivity index (χ1v) is 11.0. The van der Waals surface area contributed by atoms with Gasteiger partial charge in [-0.2, -0.15) is 8.78 Å². The lowest BCUT2D eigenvalue weighted by Crippen LogP contribution is -2.52. The highest BCUT2D eigenvalue weighted by Crippen LogP contribution is 2.44. The third-order valence-corrected chi connectivity index (χ3v) is 6.14. The molecule has 1 fully saturated rings. The van der Waals surface area contributed by atoms with Gasteiger partial charge in [-0.15, -0.1) is 0 Å². The largest absolute Gasteiger partial charge is 0.457 e. The zero-order valence-corrected chi connectivity index (χ0v) is 18.2. The first-order valence-electron chi connectivity index (χ1n) is 11.0. The van der Waals surface area contributed by atoms with Gasteiger partial charge in [-0.3, -0.25) is 9.59 Å². The highest BCUT2D eigenvalue weighted by atomic mass is 19.3. The number of amides is 2. The van der Waals surface area contributed by atoms with Gasteiger partial charge < -0.3 is 19.3 Å². The van der Waals surface area contributed by atoms with E-state index in [9.17, 15) is 18.4 Å². The van der Waals surface area contributed by atoms with Crippen molar-refractivity contribution in [3.05, 3.63) is 89.5 Å². The average molecular weight is 464 g/mol. The van der Waals surface area contributed by atoms with Crippen molar-refractivity contribution in [2.24, 2.45) is 0 Å². The van der Waals surface area contributed by atoms with Crippen molar-refractivity contribution in [2.45, 2.75) is 12.5 Å². The SMILES string of the molecule is O=C(c1ccccc1OC(F)F)N1CCN(C(=O)C2c3ccccc3Oc3ccccc32)CC1. The van der Waals surface area contributed by atoms with Gasteiger partial charge in [0.1, 0.15) is 17.2 Å². The van der Waals surface area contributed by atoms with Gasteiger partial charge in [0.15, 0.2) is 0 Å². The molecule has 1 saturated heterocycles. The van der Waals surface area contributed by atoms with Gasteiger partial charge >= 0.3 is 6.61 Å². The Labute approximate surface area is 195 Å². The summed E-state index contributed by atoms with van der Waals surface area (Å²) in [6, 6.07) is 20.9. The van der Waals surface area contributed by atoms with Gasteiger partial charge in [-0.25, -0.2) is 0 Å². The lowest BCUT2D eigenvalue weighted by Gasteiger charge is -2.38. The van der Waals surface area contributed by atoms with Gasteiger partial charge in [0, 0.05) is 37.3 Å². The molecule has 3 aromatic carbocycles. The van der Waals surface area contributed by atoms with Crippen LogP contribution < -0.4 is 9.47 Å². The van der Waals surface area contributed by atoms with Crippen LogP contribution in [0.25, 0.3) is 0 Å². The average Bonchev–Trinajstić information content (AvgIpc) is 2.86. The molecule has 0 aromatic heterocycles. The Balaban J connectivity index is 1.33. The molecule has 3 aromatic rings. The number of piperazine rings is 1. The molecule has 5 rings (SSSR count). The Hall–Kier alpha value is -3.94. The fraction of sp³-hybridized carbons (Fsp3) is 0.231. The lowest BCUT2D eigenvalue weighted by molar-refractivity contribution is -0.133. The monoisotopic (exact) mass is 464 g/mol. The molecule has 2 amide bonds. The van der Waals surface area contributed by atoms with Crippen molar-refractivity contribution in [3.8, 4) is 17.2 Å². The maximum atomic E-state index is 13.7. The molecule has 2 heterocycles. The molecule has 6 nitrogen and oxygen atoms in total. The third-order valence-electron chi connectivity index (χ3n) is 6.14. The molecular formula is C26H22F2N2O4. The van der Waals surface area contributed by atoms with Gasteiger partial charge in [-0.05, 0) is 24.3 Å². The predicted molar refractivity (Wildman–Crippen MR) is 120 cm³/mol. The molecule has 0 atom stereocenters. The van der Waals surface area contributed by atoms with Crippen LogP contribution in [-0.4, -0.2) is 54.4 Å². The number of carbonyl (C=O) groups excluding carboxylic acids is 2. The summed E-state index contributed by atoms with van der Waals surface area (Å²) in [4.78, 5) is 30.0. The Morgan fingerprint density at radius 1 is 0.794 bits per heavy atom. The minimum Gasteiger partial charge on any atom is -0.457 e. The number of rotatable bonds is 4. The molecule has 0 aliphatic carbocycles. The minimum atomic E-state index is -3.02. The van der Waals surface area contributed by atoms with E-state index in [0.717, 1.165) is 11.1 Å².